The molecular formula is C12H10N2O2. The van der Waals surface area contributed by atoms with Crippen molar-refractivity contribution in [3.8, 4) is 5.88 Å². The van der Waals surface area contributed by atoms with Crippen LogP contribution in [0.25, 0.3) is 22.1 Å². The lowest BCUT2D eigenvalue weighted by molar-refractivity contribution is 0.325. The van der Waals surface area contributed by atoms with Gasteiger partial charge in [0.15, 0.2) is 0 Å². The molecular weight excluding hydrogens is 204 g/mol. The zero-order valence-electron chi connectivity index (χ0n) is 8.80. The number of para-hydroxylation sites is 1. The van der Waals surface area contributed by atoms with Crippen LogP contribution < -0.4 is 4.74 Å². The molecule has 0 aliphatic rings. The van der Waals surface area contributed by atoms with Gasteiger partial charge in [-0.1, -0.05) is 12.1 Å². The Kier molecular flexibility index (Phi) is 1.99. The molecule has 16 heavy (non-hydrogen) atoms. The molecule has 0 unspecified atom stereocenters. The molecule has 0 amide bonds. The SMILES string of the molecule is CCOc1ncnc2c1oc1ccccc12. The summed E-state index contributed by atoms with van der Waals surface area (Å²) < 4.78 is 11.1. The van der Waals surface area contributed by atoms with Gasteiger partial charge < -0.3 is 9.15 Å². The van der Waals surface area contributed by atoms with Gasteiger partial charge in [0.1, 0.15) is 17.4 Å². The first-order chi connectivity index (χ1) is 7.90. The molecule has 0 saturated carbocycles. The molecule has 2 heterocycles. The van der Waals surface area contributed by atoms with Crippen molar-refractivity contribution in [1.82, 2.24) is 9.97 Å². The average molecular weight is 214 g/mol. The largest absolute Gasteiger partial charge is 0.475 e. The molecule has 3 rings (SSSR count). The number of benzene rings is 1. The molecule has 3 aromatic rings. The summed E-state index contributed by atoms with van der Waals surface area (Å²) in [5.41, 5.74) is 2.22. The molecule has 80 valence electrons. The Morgan fingerprint density at radius 2 is 2.12 bits per heavy atom. The van der Waals surface area contributed by atoms with E-state index in [0.717, 1.165) is 16.5 Å². The van der Waals surface area contributed by atoms with Crippen LogP contribution in [0, 0.1) is 0 Å². The number of hydrogen-bond acceptors (Lipinski definition) is 4. The molecule has 0 atom stereocenters. The summed E-state index contributed by atoms with van der Waals surface area (Å²) in [5.74, 6) is 0.503. The third-order valence-electron chi connectivity index (χ3n) is 2.41. The Morgan fingerprint density at radius 1 is 1.25 bits per heavy atom. The van der Waals surface area contributed by atoms with Crippen LogP contribution in [0.4, 0.5) is 0 Å². The van der Waals surface area contributed by atoms with Gasteiger partial charge in [-0.3, -0.25) is 0 Å². The van der Waals surface area contributed by atoms with Crippen LogP contribution in [-0.2, 0) is 0 Å². The molecule has 0 aliphatic heterocycles. The maximum Gasteiger partial charge on any atom is 0.261 e. The maximum absolute atomic E-state index is 5.69. The number of hydrogen-bond donors (Lipinski definition) is 0. The highest BCUT2D eigenvalue weighted by atomic mass is 16.5. The van der Waals surface area contributed by atoms with Gasteiger partial charge in [0.25, 0.3) is 5.88 Å². The lowest BCUT2D eigenvalue weighted by atomic mass is 10.2. The zero-order chi connectivity index (χ0) is 11.0. The molecule has 0 fully saturated rings. The number of furan rings is 1. The van der Waals surface area contributed by atoms with E-state index in [1.54, 1.807) is 0 Å². The summed E-state index contributed by atoms with van der Waals surface area (Å²) in [5, 5.41) is 0.987. The highest BCUT2D eigenvalue weighted by molar-refractivity contribution is 6.03. The summed E-state index contributed by atoms with van der Waals surface area (Å²) in [6.45, 7) is 2.47. The summed E-state index contributed by atoms with van der Waals surface area (Å²) in [6.07, 6.45) is 1.50. The van der Waals surface area contributed by atoms with E-state index in [0.29, 0.717) is 18.1 Å². The van der Waals surface area contributed by atoms with Crippen molar-refractivity contribution in [3.63, 3.8) is 0 Å². The topological polar surface area (TPSA) is 48.2 Å². The standard InChI is InChI=1S/C12H10N2O2/c1-2-15-12-11-10(13-7-14-12)8-5-3-4-6-9(8)16-11/h3-7H,2H2,1H3. The summed E-state index contributed by atoms with van der Waals surface area (Å²) in [7, 11) is 0. The van der Waals surface area contributed by atoms with Crippen molar-refractivity contribution in [3.05, 3.63) is 30.6 Å². The molecule has 4 heteroatoms. The lowest BCUT2D eigenvalue weighted by Gasteiger charge is -1.99. The van der Waals surface area contributed by atoms with Crippen LogP contribution in [0.5, 0.6) is 5.88 Å². The van der Waals surface area contributed by atoms with E-state index in [2.05, 4.69) is 9.97 Å². The second-order valence-electron chi connectivity index (χ2n) is 3.39. The van der Waals surface area contributed by atoms with Crippen molar-refractivity contribution in [2.24, 2.45) is 0 Å². The van der Waals surface area contributed by atoms with E-state index in [9.17, 15) is 0 Å². The van der Waals surface area contributed by atoms with Gasteiger partial charge >= 0.3 is 0 Å². The van der Waals surface area contributed by atoms with Crippen LogP contribution in [-0.4, -0.2) is 16.6 Å². The van der Waals surface area contributed by atoms with E-state index in [1.807, 2.05) is 31.2 Å². The summed E-state index contributed by atoms with van der Waals surface area (Å²) in [4.78, 5) is 8.29. The van der Waals surface area contributed by atoms with Crippen LogP contribution in [0.3, 0.4) is 0 Å². The van der Waals surface area contributed by atoms with Crippen molar-refractivity contribution in [2.45, 2.75) is 6.92 Å². The first-order valence-corrected chi connectivity index (χ1v) is 5.15. The van der Waals surface area contributed by atoms with E-state index < -0.39 is 0 Å². The van der Waals surface area contributed by atoms with Crippen LogP contribution in [0.2, 0.25) is 0 Å². The molecule has 4 nitrogen and oxygen atoms in total. The fourth-order valence-corrected chi connectivity index (χ4v) is 1.74. The molecule has 0 saturated heterocycles. The Hall–Kier alpha value is -2.10. The highest BCUT2D eigenvalue weighted by Gasteiger charge is 2.12. The number of aromatic nitrogens is 2. The second kappa shape index (κ2) is 3.48. The third kappa shape index (κ3) is 1.23. The Balaban J connectivity index is 2.39. The average Bonchev–Trinajstić information content (AvgIpc) is 2.69. The lowest BCUT2D eigenvalue weighted by Crippen LogP contribution is -1.94. The van der Waals surface area contributed by atoms with Gasteiger partial charge in [-0.15, -0.1) is 0 Å². The monoisotopic (exact) mass is 214 g/mol. The fraction of sp³-hybridized carbons (Fsp3) is 0.167. The van der Waals surface area contributed by atoms with Crippen LogP contribution >= 0.6 is 0 Å². The highest BCUT2D eigenvalue weighted by Crippen LogP contribution is 2.31. The van der Waals surface area contributed by atoms with Gasteiger partial charge in [-0.2, -0.15) is 4.98 Å². The minimum Gasteiger partial charge on any atom is -0.475 e. The smallest absolute Gasteiger partial charge is 0.261 e. The first-order valence-electron chi connectivity index (χ1n) is 5.15. The van der Waals surface area contributed by atoms with Crippen molar-refractivity contribution < 1.29 is 9.15 Å². The fourth-order valence-electron chi connectivity index (χ4n) is 1.74. The second-order valence-corrected chi connectivity index (χ2v) is 3.39. The number of nitrogens with zero attached hydrogens (tertiary/aromatic N) is 2. The van der Waals surface area contributed by atoms with E-state index in [-0.39, 0.29) is 0 Å². The predicted octanol–water partition coefficient (Wildman–Crippen LogP) is 2.77. The Bertz CT molecular complexity index is 646. The van der Waals surface area contributed by atoms with Gasteiger partial charge in [0.05, 0.1) is 6.61 Å². The summed E-state index contributed by atoms with van der Waals surface area (Å²) >= 11 is 0. The third-order valence-corrected chi connectivity index (χ3v) is 2.41. The first kappa shape index (κ1) is 9.15. The number of fused-ring (bicyclic) bond motifs is 3. The molecule has 0 aliphatic carbocycles. The van der Waals surface area contributed by atoms with Gasteiger partial charge in [-0.25, -0.2) is 4.98 Å². The predicted molar refractivity (Wildman–Crippen MR) is 60.5 cm³/mol. The normalized spacial score (nSPS) is 11.1. The van der Waals surface area contributed by atoms with Gasteiger partial charge in [0.2, 0.25) is 5.58 Å². The molecule has 2 aromatic heterocycles. The maximum atomic E-state index is 5.69. The van der Waals surface area contributed by atoms with Crippen molar-refractivity contribution in [1.29, 1.82) is 0 Å². The number of rotatable bonds is 2. The quantitative estimate of drug-likeness (QED) is 0.658. The van der Waals surface area contributed by atoms with E-state index in [4.69, 9.17) is 9.15 Å². The molecule has 0 bridgehead atoms. The molecule has 0 N–H and O–H groups in total. The van der Waals surface area contributed by atoms with E-state index >= 15 is 0 Å². The number of ether oxygens (including phenoxy) is 1. The van der Waals surface area contributed by atoms with Crippen LogP contribution in [0.15, 0.2) is 35.0 Å². The van der Waals surface area contributed by atoms with Crippen LogP contribution in [0.1, 0.15) is 6.92 Å². The van der Waals surface area contributed by atoms with Gasteiger partial charge in [-0.05, 0) is 19.1 Å². The Labute approximate surface area is 91.9 Å². The van der Waals surface area contributed by atoms with Gasteiger partial charge in [0, 0.05) is 5.39 Å². The molecule has 0 radical (unpaired) electrons. The Morgan fingerprint density at radius 3 is 3.00 bits per heavy atom. The molecule has 1 aromatic carbocycles. The molecule has 0 spiro atoms. The van der Waals surface area contributed by atoms with Crippen molar-refractivity contribution >= 4 is 22.1 Å². The van der Waals surface area contributed by atoms with E-state index in [1.165, 1.54) is 6.33 Å². The summed E-state index contributed by atoms with van der Waals surface area (Å²) in [6, 6.07) is 7.77. The zero-order valence-corrected chi connectivity index (χ0v) is 8.80. The minimum atomic E-state index is 0.503. The minimum absolute atomic E-state index is 0.503. The van der Waals surface area contributed by atoms with Crippen molar-refractivity contribution in [2.75, 3.05) is 6.61 Å².